The second-order valence-corrected chi connectivity index (χ2v) is 7.31. The normalized spacial score (nSPS) is 20.2. The number of aryl methyl sites for hydroxylation is 1. The first-order valence-electron chi connectivity index (χ1n) is 9.01. The van der Waals surface area contributed by atoms with Crippen molar-refractivity contribution in [2.75, 3.05) is 0 Å². The summed E-state index contributed by atoms with van der Waals surface area (Å²) >= 11 is 0. The van der Waals surface area contributed by atoms with Crippen LogP contribution in [-0.2, 0) is 11.8 Å². The summed E-state index contributed by atoms with van der Waals surface area (Å²) in [6.45, 7) is 1.78. The van der Waals surface area contributed by atoms with Crippen molar-refractivity contribution in [3.8, 4) is 22.4 Å². The minimum absolute atomic E-state index is 0.115. The second kappa shape index (κ2) is 6.51. The first-order valence-corrected chi connectivity index (χ1v) is 9.01. The Labute approximate surface area is 171 Å². The molecule has 3 aromatic rings. The van der Waals surface area contributed by atoms with Crippen molar-refractivity contribution >= 4 is 0 Å². The molecular formula is C22H13F8N. The average Bonchev–Trinajstić information content (AvgIpc) is 2.73. The van der Waals surface area contributed by atoms with Crippen LogP contribution in [0.3, 0.4) is 0 Å². The van der Waals surface area contributed by atoms with Crippen molar-refractivity contribution in [3.63, 3.8) is 0 Å². The summed E-state index contributed by atoms with van der Waals surface area (Å²) in [5.74, 6) is -23.6. The van der Waals surface area contributed by atoms with E-state index in [4.69, 9.17) is 0 Å². The number of hydrogen-bond donors (Lipinski definition) is 0. The van der Waals surface area contributed by atoms with Crippen molar-refractivity contribution in [2.24, 2.45) is 0 Å². The molecule has 2 aromatic carbocycles. The van der Waals surface area contributed by atoms with Gasteiger partial charge in [0.1, 0.15) is 0 Å². The molecule has 0 fully saturated rings. The Bertz CT molecular complexity index is 1160. The maximum absolute atomic E-state index is 14.3. The summed E-state index contributed by atoms with van der Waals surface area (Å²) in [7, 11) is 0. The van der Waals surface area contributed by atoms with Gasteiger partial charge in [-0.05, 0) is 35.7 Å². The number of nitrogens with zero attached hydrogens (tertiary/aromatic N) is 1. The van der Waals surface area contributed by atoms with Crippen LogP contribution in [0.15, 0.2) is 60.8 Å². The number of pyridine rings is 1. The predicted octanol–water partition coefficient (Wildman–Crippen LogP) is 7.19. The van der Waals surface area contributed by atoms with Gasteiger partial charge in [0.25, 0.3) is 0 Å². The fourth-order valence-corrected chi connectivity index (χ4v) is 3.57. The van der Waals surface area contributed by atoms with Crippen LogP contribution in [0.5, 0.6) is 0 Å². The zero-order valence-electron chi connectivity index (χ0n) is 15.7. The third-order valence-corrected chi connectivity index (χ3v) is 5.38. The highest BCUT2D eigenvalue weighted by Gasteiger charge is 2.85. The maximum atomic E-state index is 14.3. The van der Waals surface area contributed by atoms with Gasteiger partial charge in [0, 0.05) is 17.3 Å². The summed E-state index contributed by atoms with van der Waals surface area (Å²) in [5, 5.41) is 0. The van der Waals surface area contributed by atoms with Crippen LogP contribution in [0.2, 0.25) is 0 Å². The van der Waals surface area contributed by atoms with Gasteiger partial charge in [-0.3, -0.25) is 4.98 Å². The minimum Gasteiger partial charge on any atom is -0.256 e. The molecule has 0 spiro atoms. The monoisotopic (exact) mass is 443 g/mol. The van der Waals surface area contributed by atoms with E-state index < -0.39 is 34.8 Å². The van der Waals surface area contributed by atoms with Gasteiger partial charge >= 0.3 is 23.7 Å². The molecule has 9 heteroatoms. The molecule has 1 aliphatic rings. The van der Waals surface area contributed by atoms with Crippen molar-refractivity contribution in [1.29, 1.82) is 0 Å². The van der Waals surface area contributed by atoms with Crippen LogP contribution < -0.4 is 0 Å². The molecule has 31 heavy (non-hydrogen) atoms. The number of alkyl halides is 8. The van der Waals surface area contributed by atoms with Gasteiger partial charge in [-0.2, -0.15) is 35.1 Å². The molecule has 0 bridgehead atoms. The lowest BCUT2D eigenvalue weighted by Crippen LogP contribution is -2.63. The van der Waals surface area contributed by atoms with Crippen molar-refractivity contribution in [1.82, 2.24) is 4.98 Å². The lowest BCUT2D eigenvalue weighted by molar-refractivity contribution is -0.386. The fraction of sp³-hybridized carbons (Fsp3) is 0.227. The SMILES string of the molecule is Cc1ccc(-c2cc3c(cn2)C(F)(F)C(F)(F)C(F)(F)C3(F)F)cc1-c1ccccc1. The van der Waals surface area contributed by atoms with Crippen LogP contribution in [0.4, 0.5) is 35.1 Å². The minimum atomic E-state index is -6.29. The van der Waals surface area contributed by atoms with E-state index in [2.05, 4.69) is 4.98 Å². The molecule has 4 rings (SSSR count). The zero-order chi connectivity index (χ0) is 22.8. The van der Waals surface area contributed by atoms with E-state index in [-0.39, 0.29) is 17.5 Å². The molecular weight excluding hydrogens is 430 g/mol. The lowest BCUT2D eigenvalue weighted by Gasteiger charge is -2.42. The highest BCUT2D eigenvalue weighted by Crippen LogP contribution is 2.64. The van der Waals surface area contributed by atoms with E-state index in [9.17, 15) is 35.1 Å². The van der Waals surface area contributed by atoms with Gasteiger partial charge in [0.2, 0.25) is 0 Å². The standard InChI is InChI=1S/C22H13F8N/c1-12-7-8-14(9-15(12)13-5-3-2-4-6-13)18-10-16-17(11-31-18)20(25,26)22(29,30)21(27,28)19(16,23)24/h2-11H,1H3. The maximum Gasteiger partial charge on any atom is 0.383 e. The summed E-state index contributed by atoms with van der Waals surface area (Å²) in [5.41, 5.74) is -1.71. The Morgan fingerprint density at radius 1 is 0.645 bits per heavy atom. The first-order chi connectivity index (χ1) is 14.3. The highest BCUT2D eigenvalue weighted by atomic mass is 19.4. The predicted molar refractivity (Wildman–Crippen MR) is 97.5 cm³/mol. The largest absolute Gasteiger partial charge is 0.383 e. The van der Waals surface area contributed by atoms with Gasteiger partial charge in [0.15, 0.2) is 0 Å². The second-order valence-electron chi connectivity index (χ2n) is 7.31. The Balaban J connectivity index is 1.91. The smallest absolute Gasteiger partial charge is 0.256 e. The number of fused-ring (bicyclic) bond motifs is 1. The first kappa shape index (κ1) is 21.3. The lowest BCUT2D eigenvalue weighted by atomic mass is 9.80. The summed E-state index contributed by atoms with van der Waals surface area (Å²) in [6.07, 6.45) is 0.115. The van der Waals surface area contributed by atoms with E-state index in [0.29, 0.717) is 11.6 Å². The molecule has 0 saturated heterocycles. The average molecular weight is 443 g/mol. The molecule has 1 nitrogen and oxygen atoms in total. The number of benzene rings is 2. The third-order valence-electron chi connectivity index (χ3n) is 5.38. The summed E-state index contributed by atoms with van der Waals surface area (Å²) in [6, 6.07) is 13.8. The molecule has 0 aliphatic heterocycles. The molecule has 162 valence electrons. The van der Waals surface area contributed by atoms with E-state index in [0.717, 1.165) is 11.1 Å². The molecule has 1 aliphatic carbocycles. The van der Waals surface area contributed by atoms with Gasteiger partial charge < -0.3 is 0 Å². The van der Waals surface area contributed by atoms with E-state index in [1.807, 2.05) is 0 Å². The molecule has 1 aromatic heterocycles. The van der Waals surface area contributed by atoms with Crippen LogP contribution in [-0.4, -0.2) is 16.8 Å². The topological polar surface area (TPSA) is 12.9 Å². The van der Waals surface area contributed by atoms with E-state index in [1.54, 1.807) is 43.3 Å². The van der Waals surface area contributed by atoms with Gasteiger partial charge in [0.05, 0.1) is 11.3 Å². The van der Waals surface area contributed by atoms with E-state index in [1.165, 1.54) is 12.1 Å². The molecule has 0 atom stereocenters. The van der Waals surface area contributed by atoms with Crippen LogP contribution in [0.25, 0.3) is 22.4 Å². The Morgan fingerprint density at radius 3 is 1.84 bits per heavy atom. The van der Waals surface area contributed by atoms with Crippen LogP contribution in [0.1, 0.15) is 16.7 Å². The van der Waals surface area contributed by atoms with E-state index >= 15 is 0 Å². The summed E-state index contributed by atoms with van der Waals surface area (Å²) in [4.78, 5) is 3.61. The van der Waals surface area contributed by atoms with Crippen LogP contribution in [0, 0.1) is 6.92 Å². The molecule has 0 N–H and O–H groups in total. The fourth-order valence-electron chi connectivity index (χ4n) is 3.57. The Hall–Kier alpha value is -2.97. The molecule has 1 heterocycles. The zero-order valence-corrected chi connectivity index (χ0v) is 15.7. The van der Waals surface area contributed by atoms with Gasteiger partial charge in [-0.1, -0.05) is 42.5 Å². The van der Waals surface area contributed by atoms with Gasteiger partial charge in [-0.15, -0.1) is 0 Å². The highest BCUT2D eigenvalue weighted by molar-refractivity contribution is 5.74. The van der Waals surface area contributed by atoms with Crippen molar-refractivity contribution < 1.29 is 35.1 Å². The number of halogens is 8. The molecule has 0 saturated carbocycles. The number of hydrogen-bond acceptors (Lipinski definition) is 1. The van der Waals surface area contributed by atoms with Crippen LogP contribution >= 0.6 is 0 Å². The van der Waals surface area contributed by atoms with Gasteiger partial charge in [-0.25, -0.2) is 0 Å². The number of rotatable bonds is 2. The Kier molecular flexibility index (Phi) is 4.47. The molecule has 0 unspecified atom stereocenters. The van der Waals surface area contributed by atoms with Crippen molar-refractivity contribution in [2.45, 2.75) is 30.6 Å². The third kappa shape index (κ3) is 2.78. The quantitative estimate of drug-likeness (QED) is 0.382. The summed E-state index contributed by atoms with van der Waals surface area (Å²) < 4.78 is 112. The number of aromatic nitrogens is 1. The molecule has 0 radical (unpaired) electrons. The van der Waals surface area contributed by atoms with Crippen molar-refractivity contribution in [3.05, 3.63) is 77.5 Å². The Morgan fingerprint density at radius 2 is 1.23 bits per heavy atom. The molecule has 0 amide bonds.